The van der Waals surface area contributed by atoms with Gasteiger partial charge in [-0.15, -0.1) is 0 Å². The second-order valence-electron chi connectivity index (χ2n) is 4.28. The van der Waals surface area contributed by atoms with Crippen molar-refractivity contribution in [3.8, 4) is 0 Å². The van der Waals surface area contributed by atoms with Gasteiger partial charge >= 0.3 is 6.18 Å². The van der Waals surface area contributed by atoms with Crippen molar-refractivity contribution in [2.75, 3.05) is 5.32 Å². The summed E-state index contributed by atoms with van der Waals surface area (Å²) in [6.07, 6.45) is -4.64. The molecule has 0 aliphatic heterocycles. The Balaban J connectivity index is 2.24. The highest BCUT2D eigenvalue weighted by molar-refractivity contribution is 9.10. The molecule has 0 unspecified atom stereocenters. The molecule has 0 aromatic heterocycles. The Morgan fingerprint density at radius 1 is 0.952 bits per heavy atom. The molecule has 0 aliphatic carbocycles. The summed E-state index contributed by atoms with van der Waals surface area (Å²) in [5.41, 5.74) is -0.692. The maximum absolute atomic E-state index is 13.0. The molecule has 1 nitrogen and oxygen atoms in total. The zero-order valence-corrected chi connectivity index (χ0v) is 12.0. The normalized spacial score (nSPS) is 11.5. The lowest BCUT2D eigenvalue weighted by molar-refractivity contribution is -0.138. The summed E-state index contributed by atoms with van der Waals surface area (Å²) in [6, 6.07) is 6.27. The number of anilines is 1. The number of benzene rings is 2. The zero-order valence-electron chi connectivity index (χ0n) is 10.4. The van der Waals surface area contributed by atoms with Crippen LogP contribution in [0.5, 0.6) is 0 Å². The Morgan fingerprint density at radius 2 is 1.57 bits per heavy atom. The molecule has 7 heteroatoms. The fourth-order valence-corrected chi connectivity index (χ4v) is 2.28. The largest absolute Gasteiger partial charge is 0.416 e. The van der Waals surface area contributed by atoms with E-state index < -0.39 is 23.4 Å². The van der Waals surface area contributed by atoms with Crippen LogP contribution in [0.3, 0.4) is 0 Å². The van der Waals surface area contributed by atoms with Crippen molar-refractivity contribution in [1.82, 2.24) is 0 Å². The third kappa shape index (κ3) is 3.93. The first-order chi connectivity index (χ1) is 9.77. The van der Waals surface area contributed by atoms with E-state index >= 15 is 0 Å². The topological polar surface area (TPSA) is 12.0 Å². The third-order valence-electron chi connectivity index (χ3n) is 2.78. The first-order valence-electron chi connectivity index (χ1n) is 5.82. The third-order valence-corrected chi connectivity index (χ3v) is 3.43. The Labute approximate surface area is 125 Å². The Morgan fingerprint density at radius 3 is 2.19 bits per heavy atom. The van der Waals surface area contributed by atoms with Crippen LogP contribution in [0.15, 0.2) is 40.9 Å². The van der Waals surface area contributed by atoms with Gasteiger partial charge in [-0.3, -0.25) is 0 Å². The first kappa shape index (κ1) is 15.8. The van der Waals surface area contributed by atoms with Crippen molar-refractivity contribution >= 4 is 21.6 Å². The predicted molar refractivity (Wildman–Crippen MR) is 72.8 cm³/mol. The summed E-state index contributed by atoms with van der Waals surface area (Å²) in [5, 5.41) is 2.75. The van der Waals surface area contributed by atoms with E-state index in [-0.39, 0.29) is 12.1 Å². The number of alkyl halides is 3. The van der Waals surface area contributed by atoms with E-state index in [1.54, 1.807) is 0 Å². The van der Waals surface area contributed by atoms with E-state index in [9.17, 15) is 22.0 Å². The number of hydrogen-bond acceptors (Lipinski definition) is 1. The molecule has 0 amide bonds. The standard InChI is InChI=1S/C14H9BrF5N/c15-12-6-10(17)3-4-13(12)21-7-8-1-2-9(16)5-11(8)14(18,19)20/h1-6,21H,7H2. The minimum Gasteiger partial charge on any atom is -0.380 e. The second-order valence-corrected chi connectivity index (χ2v) is 5.13. The number of nitrogens with one attached hydrogen (secondary N) is 1. The molecule has 21 heavy (non-hydrogen) atoms. The van der Waals surface area contributed by atoms with Crippen LogP contribution in [-0.4, -0.2) is 0 Å². The fraction of sp³-hybridized carbons (Fsp3) is 0.143. The Hall–Kier alpha value is -1.63. The predicted octanol–water partition coefficient (Wildman–Crippen LogP) is 5.36. The van der Waals surface area contributed by atoms with Crippen LogP contribution in [0.4, 0.5) is 27.6 Å². The van der Waals surface area contributed by atoms with Gasteiger partial charge in [0.1, 0.15) is 11.6 Å². The summed E-state index contributed by atoms with van der Waals surface area (Å²) in [6.45, 7) is -0.167. The summed E-state index contributed by atoms with van der Waals surface area (Å²) in [5.74, 6) is -1.42. The molecule has 0 atom stereocenters. The average Bonchev–Trinajstić information content (AvgIpc) is 2.38. The molecule has 0 aliphatic rings. The zero-order chi connectivity index (χ0) is 15.6. The summed E-state index contributed by atoms with van der Waals surface area (Å²) < 4.78 is 64.8. The van der Waals surface area contributed by atoms with Gasteiger partial charge in [-0.2, -0.15) is 13.2 Å². The Bertz CT molecular complexity index is 654. The van der Waals surface area contributed by atoms with E-state index in [1.807, 2.05) is 0 Å². The lowest BCUT2D eigenvalue weighted by atomic mass is 10.1. The van der Waals surface area contributed by atoms with Gasteiger partial charge in [-0.1, -0.05) is 6.07 Å². The van der Waals surface area contributed by atoms with Crippen LogP contribution in [-0.2, 0) is 12.7 Å². The minimum absolute atomic E-state index is 0.0971. The number of halogens is 6. The van der Waals surface area contributed by atoms with Crippen LogP contribution >= 0.6 is 15.9 Å². The van der Waals surface area contributed by atoms with E-state index in [4.69, 9.17) is 0 Å². The van der Waals surface area contributed by atoms with Crippen LogP contribution in [0, 0.1) is 11.6 Å². The SMILES string of the molecule is Fc1ccc(NCc2ccc(F)cc2C(F)(F)F)c(Br)c1. The highest BCUT2D eigenvalue weighted by Crippen LogP contribution is 2.33. The molecule has 0 bridgehead atoms. The molecule has 2 aromatic rings. The molecular formula is C14H9BrF5N. The Kier molecular flexibility index (Phi) is 4.51. The molecule has 0 spiro atoms. The molecule has 0 saturated heterocycles. The van der Waals surface area contributed by atoms with Crippen molar-refractivity contribution in [3.05, 3.63) is 63.6 Å². The maximum Gasteiger partial charge on any atom is 0.416 e. The lowest BCUT2D eigenvalue weighted by Crippen LogP contribution is -2.12. The lowest BCUT2D eigenvalue weighted by Gasteiger charge is -2.15. The van der Waals surface area contributed by atoms with Gasteiger partial charge in [-0.05, 0) is 51.8 Å². The van der Waals surface area contributed by atoms with Gasteiger partial charge in [0.15, 0.2) is 0 Å². The van der Waals surface area contributed by atoms with E-state index in [0.29, 0.717) is 16.2 Å². The van der Waals surface area contributed by atoms with E-state index in [2.05, 4.69) is 21.2 Å². The number of rotatable bonds is 3. The summed E-state index contributed by atoms with van der Waals surface area (Å²) in [7, 11) is 0. The van der Waals surface area contributed by atoms with Gasteiger partial charge in [-0.25, -0.2) is 8.78 Å². The van der Waals surface area contributed by atoms with Crippen LogP contribution in [0.25, 0.3) is 0 Å². The van der Waals surface area contributed by atoms with Gasteiger partial charge in [0.05, 0.1) is 5.56 Å². The van der Waals surface area contributed by atoms with Crippen molar-refractivity contribution in [1.29, 1.82) is 0 Å². The van der Waals surface area contributed by atoms with Crippen molar-refractivity contribution in [3.63, 3.8) is 0 Å². The quantitative estimate of drug-likeness (QED) is 0.722. The van der Waals surface area contributed by atoms with E-state index in [0.717, 1.165) is 12.1 Å². The molecule has 1 N–H and O–H groups in total. The van der Waals surface area contributed by atoms with Crippen LogP contribution < -0.4 is 5.32 Å². The van der Waals surface area contributed by atoms with Crippen molar-refractivity contribution in [2.24, 2.45) is 0 Å². The minimum atomic E-state index is -4.64. The van der Waals surface area contributed by atoms with Gasteiger partial charge in [0, 0.05) is 16.7 Å². The van der Waals surface area contributed by atoms with Gasteiger partial charge < -0.3 is 5.32 Å². The monoisotopic (exact) mass is 365 g/mol. The second kappa shape index (κ2) is 6.01. The molecule has 0 radical (unpaired) electrons. The maximum atomic E-state index is 13.0. The summed E-state index contributed by atoms with van der Waals surface area (Å²) >= 11 is 3.11. The molecule has 0 saturated carbocycles. The van der Waals surface area contributed by atoms with Crippen molar-refractivity contribution in [2.45, 2.75) is 12.7 Å². The molecule has 112 valence electrons. The molecule has 2 aromatic carbocycles. The van der Waals surface area contributed by atoms with Crippen molar-refractivity contribution < 1.29 is 22.0 Å². The highest BCUT2D eigenvalue weighted by Gasteiger charge is 2.33. The van der Waals surface area contributed by atoms with E-state index in [1.165, 1.54) is 18.2 Å². The molecular weight excluding hydrogens is 357 g/mol. The fourth-order valence-electron chi connectivity index (χ4n) is 1.79. The molecule has 0 fully saturated rings. The smallest absolute Gasteiger partial charge is 0.380 e. The van der Waals surface area contributed by atoms with Crippen LogP contribution in [0.1, 0.15) is 11.1 Å². The summed E-state index contributed by atoms with van der Waals surface area (Å²) in [4.78, 5) is 0. The highest BCUT2D eigenvalue weighted by atomic mass is 79.9. The molecule has 0 heterocycles. The van der Waals surface area contributed by atoms with Gasteiger partial charge in [0.2, 0.25) is 0 Å². The average molecular weight is 366 g/mol. The van der Waals surface area contributed by atoms with Crippen LogP contribution in [0.2, 0.25) is 0 Å². The first-order valence-corrected chi connectivity index (χ1v) is 6.61. The van der Waals surface area contributed by atoms with Gasteiger partial charge in [0.25, 0.3) is 0 Å². The number of hydrogen-bond donors (Lipinski definition) is 1. The molecule has 2 rings (SSSR count).